The summed E-state index contributed by atoms with van der Waals surface area (Å²) in [5.74, 6) is 0.722. The van der Waals surface area contributed by atoms with E-state index >= 15 is 0 Å². The van der Waals surface area contributed by atoms with E-state index in [1.54, 1.807) is 4.68 Å². The fourth-order valence-electron chi connectivity index (χ4n) is 2.96. The van der Waals surface area contributed by atoms with Crippen molar-refractivity contribution in [3.63, 3.8) is 0 Å². The second-order valence-corrected chi connectivity index (χ2v) is 6.57. The smallest absolute Gasteiger partial charge is 0.178 e. The molecular weight excluding hydrogens is 358 g/mol. The Bertz CT molecular complexity index is 984. The van der Waals surface area contributed by atoms with E-state index in [9.17, 15) is 0 Å². The summed E-state index contributed by atoms with van der Waals surface area (Å²) in [4.78, 5) is 0. The molecule has 0 saturated heterocycles. The molecule has 1 aromatic heterocycles. The zero-order valence-electron chi connectivity index (χ0n) is 14.5. The van der Waals surface area contributed by atoms with Gasteiger partial charge in [-0.25, -0.2) is 0 Å². The maximum absolute atomic E-state index is 6.08. The number of nitrogens with zero attached hydrogens (tertiary/aromatic N) is 4. The van der Waals surface area contributed by atoms with E-state index in [4.69, 9.17) is 11.6 Å². The number of benzene rings is 3. The van der Waals surface area contributed by atoms with Crippen molar-refractivity contribution in [2.24, 2.45) is 0 Å². The highest BCUT2D eigenvalue weighted by atomic mass is 35.5. The predicted octanol–water partition coefficient (Wildman–Crippen LogP) is 4.19. The molecule has 0 spiro atoms. The first-order valence-electron chi connectivity index (χ1n) is 8.68. The molecule has 0 aliphatic rings. The first-order valence-corrected chi connectivity index (χ1v) is 9.05. The molecule has 0 radical (unpaired) electrons. The number of hydrogen-bond acceptors (Lipinski definition) is 4. The lowest BCUT2D eigenvalue weighted by Crippen LogP contribution is -2.25. The minimum atomic E-state index is -0.183. The van der Waals surface area contributed by atoms with E-state index in [0.717, 1.165) is 17.1 Å². The van der Waals surface area contributed by atoms with Gasteiger partial charge in [0.2, 0.25) is 0 Å². The van der Waals surface area contributed by atoms with Crippen molar-refractivity contribution in [1.29, 1.82) is 0 Å². The van der Waals surface area contributed by atoms with Crippen LogP contribution in [0, 0.1) is 0 Å². The molecule has 134 valence electrons. The molecule has 3 aromatic carbocycles. The number of tetrazole rings is 1. The van der Waals surface area contributed by atoms with Gasteiger partial charge in [0.25, 0.3) is 0 Å². The first-order chi connectivity index (χ1) is 13.3. The molecule has 0 amide bonds. The Morgan fingerprint density at radius 3 is 2.22 bits per heavy atom. The van der Waals surface area contributed by atoms with Crippen molar-refractivity contribution in [1.82, 2.24) is 25.5 Å². The fraction of sp³-hybridized carbons (Fsp3) is 0.0952. The quantitative estimate of drug-likeness (QED) is 0.549. The van der Waals surface area contributed by atoms with Gasteiger partial charge in [-0.3, -0.25) is 5.32 Å². The third kappa shape index (κ3) is 4.05. The molecule has 1 N–H and O–H groups in total. The number of rotatable bonds is 6. The van der Waals surface area contributed by atoms with E-state index in [1.165, 1.54) is 5.56 Å². The van der Waals surface area contributed by atoms with Crippen LogP contribution in [-0.4, -0.2) is 20.2 Å². The van der Waals surface area contributed by atoms with Crippen LogP contribution in [-0.2, 0) is 6.54 Å². The van der Waals surface area contributed by atoms with Crippen molar-refractivity contribution in [3.8, 4) is 5.69 Å². The Kier molecular flexibility index (Phi) is 5.23. The normalized spacial score (nSPS) is 12.0. The Morgan fingerprint density at radius 2 is 1.52 bits per heavy atom. The van der Waals surface area contributed by atoms with E-state index in [0.29, 0.717) is 11.6 Å². The molecular formula is C21H18ClN5. The van der Waals surface area contributed by atoms with Gasteiger partial charge in [-0.05, 0) is 45.8 Å². The van der Waals surface area contributed by atoms with Crippen molar-refractivity contribution in [2.45, 2.75) is 12.6 Å². The minimum absolute atomic E-state index is 0.183. The lowest BCUT2D eigenvalue weighted by molar-refractivity contribution is 0.561. The molecule has 0 bridgehead atoms. The first kappa shape index (κ1) is 17.4. The van der Waals surface area contributed by atoms with Gasteiger partial charge in [0.05, 0.1) is 11.7 Å². The van der Waals surface area contributed by atoms with E-state index in [1.807, 2.05) is 72.8 Å². The van der Waals surface area contributed by atoms with Gasteiger partial charge in [-0.2, -0.15) is 4.68 Å². The molecule has 1 unspecified atom stereocenters. The van der Waals surface area contributed by atoms with Crippen molar-refractivity contribution >= 4 is 11.6 Å². The molecule has 4 aromatic rings. The summed E-state index contributed by atoms with van der Waals surface area (Å²) in [6.07, 6.45) is 0. The van der Waals surface area contributed by atoms with Gasteiger partial charge in [0.15, 0.2) is 5.82 Å². The molecule has 4 rings (SSSR count). The van der Waals surface area contributed by atoms with Crippen LogP contribution in [0.25, 0.3) is 5.69 Å². The van der Waals surface area contributed by atoms with Crippen LogP contribution in [0.2, 0.25) is 5.02 Å². The summed E-state index contributed by atoms with van der Waals surface area (Å²) in [6.45, 7) is 0.690. The lowest BCUT2D eigenvalue weighted by atomic mass is 10.1. The van der Waals surface area contributed by atoms with Gasteiger partial charge in [0, 0.05) is 11.6 Å². The van der Waals surface area contributed by atoms with Crippen LogP contribution in [0.4, 0.5) is 0 Å². The average molecular weight is 376 g/mol. The molecule has 1 heterocycles. The van der Waals surface area contributed by atoms with Gasteiger partial charge in [0.1, 0.15) is 0 Å². The van der Waals surface area contributed by atoms with Gasteiger partial charge < -0.3 is 0 Å². The largest absolute Gasteiger partial charge is 0.299 e. The minimum Gasteiger partial charge on any atom is -0.299 e. The maximum Gasteiger partial charge on any atom is 0.178 e. The summed E-state index contributed by atoms with van der Waals surface area (Å²) >= 11 is 6.08. The van der Waals surface area contributed by atoms with E-state index in [-0.39, 0.29) is 6.04 Å². The number of aromatic nitrogens is 4. The number of halogens is 1. The Labute approximate surface area is 162 Å². The molecule has 6 heteroatoms. The topological polar surface area (TPSA) is 55.6 Å². The third-order valence-electron chi connectivity index (χ3n) is 4.31. The molecule has 0 fully saturated rings. The Hall–Kier alpha value is -3.02. The van der Waals surface area contributed by atoms with Crippen molar-refractivity contribution in [3.05, 3.63) is 107 Å². The molecule has 27 heavy (non-hydrogen) atoms. The molecule has 0 saturated carbocycles. The highest BCUT2D eigenvalue weighted by molar-refractivity contribution is 6.30. The number of hydrogen-bond donors (Lipinski definition) is 1. The SMILES string of the molecule is Clc1ccc(C(NCc2ccccc2)c2nnnn2-c2ccccc2)cc1. The summed E-state index contributed by atoms with van der Waals surface area (Å²) in [7, 11) is 0. The van der Waals surface area contributed by atoms with Crippen LogP contribution < -0.4 is 5.32 Å². The van der Waals surface area contributed by atoms with Gasteiger partial charge >= 0.3 is 0 Å². The standard InChI is InChI=1S/C21H18ClN5/c22-18-13-11-17(12-14-18)20(23-15-16-7-3-1-4-8-16)21-24-25-26-27(21)19-9-5-2-6-10-19/h1-14,20,23H,15H2. The lowest BCUT2D eigenvalue weighted by Gasteiger charge is -2.19. The second-order valence-electron chi connectivity index (χ2n) is 6.14. The molecule has 5 nitrogen and oxygen atoms in total. The zero-order valence-corrected chi connectivity index (χ0v) is 15.3. The van der Waals surface area contributed by atoms with Gasteiger partial charge in [-0.15, -0.1) is 5.10 Å². The summed E-state index contributed by atoms with van der Waals surface area (Å²) in [5.41, 5.74) is 3.15. The van der Waals surface area contributed by atoms with Crippen LogP contribution in [0.3, 0.4) is 0 Å². The highest BCUT2D eigenvalue weighted by Gasteiger charge is 2.21. The second kappa shape index (κ2) is 8.12. The van der Waals surface area contributed by atoms with Crippen LogP contribution in [0.1, 0.15) is 23.0 Å². The fourth-order valence-corrected chi connectivity index (χ4v) is 3.08. The Balaban J connectivity index is 1.70. The third-order valence-corrected chi connectivity index (χ3v) is 4.56. The van der Waals surface area contributed by atoms with Crippen LogP contribution in [0.5, 0.6) is 0 Å². The number of para-hydroxylation sites is 1. The van der Waals surface area contributed by atoms with Crippen molar-refractivity contribution in [2.75, 3.05) is 0 Å². The monoisotopic (exact) mass is 375 g/mol. The molecule has 1 atom stereocenters. The summed E-state index contributed by atoms with van der Waals surface area (Å²) in [5, 5.41) is 16.7. The van der Waals surface area contributed by atoms with Crippen LogP contribution >= 0.6 is 11.6 Å². The maximum atomic E-state index is 6.08. The van der Waals surface area contributed by atoms with E-state index < -0.39 is 0 Å². The molecule has 0 aliphatic carbocycles. The number of nitrogens with one attached hydrogen (secondary N) is 1. The van der Waals surface area contributed by atoms with E-state index in [2.05, 4.69) is 33.0 Å². The molecule has 0 aliphatic heterocycles. The summed E-state index contributed by atoms with van der Waals surface area (Å²) < 4.78 is 1.76. The van der Waals surface area contributed by atoms with Crippen molar-refractivity contribution < 1.29 is 0 Å². The highest BCUT2D eigenvalue weighted by Crippen LogP contribution is 2.24. The zero-order chi connectivity index (χ0) is 18.5. The van der Waals surface area contributed by atoms with Crippen LogP contribution in [0.15, 0.2) is 84.9 Å². The predicted molar refractivity (Wildman–Crippen MR) is 106 cm³/mol. The van der Waals surface area contributed by atoms with Gasteiger partial charge in [-0.1, -0.05) is 72.3 Å². The average Bonchev–Trinajstić information content (AvgIpc) is 3.20. The Morgan fingerprint density at radius 1 is 0.852 bits per heavy atom. The summed E-state index contributed by atoms with van der Waals surface area (Å²) in [6, 6.07) is 27.7.